The molecular formula is C30H26N4O4. The minimum atomic E-state index is -0.631. The van der Waals surface area contributed by atoms with Crippen LogP contribution in [0.3, 0.4) is 0 Å². The Bertz CT molecular complexity index is 1560. The quantitative estimate of drug-likeness (QED) is 0.398. The number of rotatable bonds is 6. The predicted molar refractivity (Wildman–Crippen MR) is 141 cm³/mol. The normalized spacial score (nSPS) is 16.9. The van der Waals surface area contributed by atoms with Gasteiger partial charge in [-0.3, -0.25) is 19.7 Å². The molecule has 190 valence electrons. The van der Waals surface area contributed by atoms with Gasteiger partial charge in [0, 0.05) is 42.9 Å². The summed E-state index contributed by atoms with van der Waals surface area (Å²) in [6.45, 7) is 0.814. The van der Waals surface area contributed by atoms with Gasteiger partial charge in [-0.1, -0.05) is 48.5 Å². The van der Waals surface area contributed by atoms with E-state index in [0.717, 1.165) is 39.5 Å². The van der Waals surface area contributed by atoms with Crippen molar-refractivity contribution in [2.24, 2.45) is 7.05 Å². The first kappa shape index (κ1) is 23.7. The maximum atomic E-state index is 13.0. The van der Waals surface area contributed by atoms with E-state index in [-0.39, 0.29) is 18.2 Å². The second kappa shape index (κ2) is 9.63. The highest BCUT2D eigenvalue weighted by Gasteiger charge is 2.39. The van der Waals surface area contributed by atoms with Crippen molar-refractivity contribution in [3.8, 4) is 28.4 Å². The van der Waals surface area contributed by atoms with E-state index in [1.807, 2.05) is 84.5 Å². The molecule has 0 radical (unpaired) electrons. The third-order valence-electron chi connectivity index (χ3n) is 7.04. The van der Waals surface area contributed by atoms with Crippen LogP contribution >= 0.6 is 0 Å². The lowest BCUT2D eigenvalue weighted by Crippen LogP contribution is -2.52. The number of carbonyl (C=O) groups excluding carboxylic acids is 3. The molecule has 0 saturated carbocycles. The molecule has 0 aliphatic carbocycles. The van der Waals surface area contributed by atoms with E-state index in [9.17, 15) is 14.4 Å². The summed E-state index contributed by atoms with van der Waals surface area (Å²) in [6.07, 6.45) is 2.54. The zero-order chi connectivity index (χ0) is 26.2. The lowest BCUT2D eigenvalue weighted by Gasteiger charge is -2.29. The van der Waals surface area contributed by atoms with Crippen LogP contribution in [0.1, 0.15) is 34.3 Å². The van der Waals surface area contributed by atoms with Gasteiger partial charge in [-0.15, -0.1) is 0 Å². The van der Waals surface area contributed by atoms with Crippen molar-refractivity contribution in [2.75, 3.05) is 0 Å². The fraction of sp³-hybridized carbons (Fsp3) is 0.200. The smallest absolute Gasteiger partial charge is 0.255 e. The number of imide groups is 1. The van der Waals surface area contributed by atoms with Crippen LogP contribution < -0.4 is 10.1 Å². The molecule has 8 heteroatoms. The van der Waals surface area contributed by atoms with E-state index in [1.54, 1.807) is 11.0 Å². The topological polar surface area (TPSA) is 93.5 Å². The summed E-state index contributed by atoms with van der Waals surface area (Å²) in [4.78, 5) is 43.3. The summed E-state index contributed by atoms with van der Waals surface area (Å²) >= 11 is 0. The van der Waals surface area contributed by atoms with Gasteiger partial charge in [0.25, 0.3) is 5.91 Å². The Kier molecular flexibility index (Phi) is 5.99. The van der Waals surface area contributed by atoms with Gasteiger partial charge >= 0.3 is 0 Å². The number of nitrogens with zero attached hydrogens (tertiary/aromatic N) is 3. The molecule has 1 aromatic heterocycles. The molecule has 0 spiro atoms. The van der Waals surface area contributed by atoms with Crippen LogP contribution in [0.25, 0.3) is 22.6 Å². The summed E-state index contributed by atoms with van der Waals surface area (Å²) in [5, 5.41) is 2.34. The number of hydrogen-bond acceptors (Lipinski definition) is 5. The Morgan fingerprint density at radius 3 is 2.63 bits per heavy atom. The molecule has 1 fully saturated rings. The molecule has 0 bridgehead atoms. The van der Waals surface area contributed by atoms with Gasteiger partial charge in [0.15, 0.2) is 0 Å². The number of fused-ring (bicyclic) bond motifs is 1. The van der Waals surface area contributed by atoms with E-state index in [1.165, 1.54) is 0 Å². The van der Waals surface area contributed by atoms with Crippen molar-refractivity contribution in [2.45, 2.75) is 32.0 Å². The molecule has 1 saturated heterocycles. The van der Waals surface area contributed by atoms with E-state index in [0.29, 0.717) is 25.1 Å². The average Bonchev–Trinajstić information content (AvgIpc) is 3.48. The van der Waals surface area contributed by atoms with Crippen LogP contribution in [-0.2, 0) is 29.8 Å². The molecule has 2 aliphatic heterocycles. The van der Waals surface area contributed by atoms with Gasteiger partial charge in [0.2, 0.25) is 11.8 Å². The zero-order valence-corrected chi connectivity index (χ0v) is 20.9. The summed E-state index contributed by atoms with van der Waals surface area (Å²) < 4.78 is 7.97. The van der Waals surface area contributed by atoms with Crippen molar-refractivity contribution in [1.82, 2.24) is 19.8 Å². The summed E-state index contributed by atoms with van der Waals surface area (Å²) in [5.74, 6) is 0.673. The maximum absolute atomic E-state index is 13.0. The SMILES string of the molecule is Cn1cc(-c2ccc3c(c2)CN(C2CCC(=O)NC2=O)C3=O)nc1-c1cccc(OCc2ccccc2)c1. The average molecular weight is 507 g/mol. The zero-order valence-electron chi connectivity index (χ0n) is 20.9. The summed E-state index contributed by atoms with van der Waals surface area (Å²) in [5.41, 5.74) is 5.14. The Morgan fingerprint density at radius 2 is 1.82 bits per heavy atom. The van der Waals surface area contributed by atoms with Crippen molar-refractivity contribution < 1.29 is 19.1 Å². The van der Waals surface area contributed by atoms with E-state index in [4.69, 9.17) is 9.72 Å². The highest BCUT2D eigenvalue weighted by molar-refractivity contribution is 6.05. The molecule has 4 aromatic rings. The monoisotopic (exact) mass is 506 g/mol. The van der Waals surface area contributed by atoms with Crippen LogP contribution in [0.4, 0.5) is 0 Å². The number of piperidine rings is 1. The Balaban J connectivity index is 1.22. The van der Waals surface area contributed by atoms with Gasteiger partial charge in [-0.05, 0) is 41.8 Å². The molecule has 3 aromatic carbocycles. The number of aromatic nitrogens is 2. The van der Waals surface area contributed by atoms with Crippen molar-refractivity contribution >= 4 is 17.7 Å². The number of nitrogens with one attached hydrogen (secondary N) is 1. The first-order valence-corrected chi connectivity index (χ1v) is 12.5. The molecular weight excluding hydrogens is 480 g/mol. The first-order chi connectivity index (χ1) is 18.5. The number of aryl methyl sites for hydroxylation is 1. The molecule has 3 heterocycles. The second-order valence-corrected chi connectivity index (χ2v) is 9.63. The molecule has 3 amide bonds. The molecule has 6 rings (SSSR count). The van der Waals surface area contributed by atoms with Gasteiger partial charge in [0.05, 0.1) is 5.69 Å². The molecule has 8 nitrogen and oxygen atoms in total. The lowest BCUT2D eigenvalue weighted by atomic mass is 10.0. The van der Waals surface area contributed by atoms with E-state index in [2.05, 4.69) is 5.32 Å². The molecule has 38 heavy (non-hydrogen) atoms. The van der Waals surface area contributed by atoms with Gasteiger partial charge in [0.1, 0.15) is 24.2 Å². The van der Waals surface area contributed by atoms with Gasteiger partial charge < -0.3 is 14.2 Å². The molecule has 2 aliphatic rings. The van der Waals surface area contributed by atoms with Crippen molar-refractivity contribution in [1.29, 1.82) is 0 Å². The molecule has 1 unspecified atom stereocenters. The van der Waals surface area contributed by atoms with Crippen LogP contribution in [0.2, 0.25) is 0 Å². The Labute approximate surface area is 219 Å². The summed E-state index contributed by atoms with van der Waals surface area (Å²) in [7, 11) is 1.95. The second-order valence-electron chi connectivity index (χ2n) is 9.63. The van der Waals surface area contributed by atoms with Gasteiger partial charge in [-0.25, -0.2) is 4.98 Å². The highest BCUT2D eigenvalue weighted by atomic mass is 16.5. The van der Waals surface area contributed by atoms with Crippen LogP contribution in [-0.4, -0.2) is 38.2 Å². The first-order valence-electron chi connectivity index (χ1n) is 12.5. The van der Waals surface area contributed by atoms with E-state index >= 15 is 0 Å². The fourth-order valence-corrected chi connectivity index (χ4v) is 5.07. The molecule has 1 N–H and O–H groups in total. The number of imidazole rings is 1. The number of carbonyl (C=O) groups is 3. The standard InChI is InChI=1S/C30H26N4O4/c1-33-17-25(31-28(33)21-8-5-9-23(15-21)38-18-19-6-3-2-4-7-19)20-10-11-24-22(14-20)16-34(30(24)37)26-12-13-27(35)32-29(26)36/h2-11,14-15,17,26H,12-13,16,18H2,1H3,(H,32,35,36). The van der Waals surface area contributed by atoms with Crippen LogP contribution in [0.15, 0.2) is 79.0 Å². The highest BCUT2D eigenvalue weighted by Crippen LogP contribution is 2.32. The lowest BCUT2D eigenvalue weighted by molar-refractivity contribution is -0.136. The van der Waals surface area contributed by atoms with E-state index < -0.39 is 11.9 Å². The Hall–Kier alpha value is -4.72. The number of benzene rings is 3. The third kappa shape index (κ3) is 4.45. The van der Waals surface area contributed by atoms with Crippen molar-refractivity contribution in [3.05, 3.63) is 95.7 Å². The minimum Gasteiger partial charge on any atom is -0.489 e. The fourth-order valence-electron chi connectivity index (χ4n) is 5.07. The predicted octanol–water partition coefficient (Wildman–Crippen LogP) is 4.09. The number of amides is 3. The van der Waals surface area contributed by atoms with Gasteiger partial charge in [-0.2, -0.15) is 0 Å². The maximum Gasteiger partial charge on any atom is 0.255 e. The van der Waals surface area contributed by atoms with Crippen LogP contribution in [0.5, 0.6) is 5.75 Å². The third-order valence-corrected chi connectivity index (χ3v) is 7.04. The Morgan fingerprint density at radius 1 is 0.974 bits per heavy atom. The number of hydrogen-bond donors (Lipinski definition) is 1. The van der Waals surface area contributed by atoms with Crippen LogP contribution in [0, 0.1) is 0 Å². The summed E-state index contributed by atoms with van der Waals surface area (Å²) in [6, 6.07) is 22.9. The minimum absolute atomic E-state index is 0.185. The molecule has 1 atom stereocenters. The largest absolute Gasteiger partial charge is 0.489 e. The number of ether oxygens (including phenoxy) is 1. The van der Waals surface area contributed by atoms with Crippen molar-refractivity contribution in [3.63, 3.8) is 0 Å².